The third kappa shape index (κ3) is 7.77. The van der Waals surface area contributed by atoms with Crippen molar-refractivity contribution < 1.29 is 42.9 Å². The predicted molar refractivity (Wildman–Crippen MR) is 134 cm³/mol. The molecule has 0 aliphatic carbocycles. The summed E-state index contributed by atoms with van der Waals surface area (Å²) in [6, 6.07) is 9.88. The second-order valence-electron chi connectivity index (χ2n) is 8.73. The first-order valence-corrected chi connectivity index (χ1v) is 12.8. The summed E-state index contributed by atoms with van der Waals surface area (Å²) >= 11 is 7.82. The molecule has 0 spiro atoms. The number of halogens is 1. The van der Waals surface area contributed by atoms with E-state index in [4.69, 9.17) is 35.3 Å². The van der Waals surface area contributed by atoms with E-state index in [2.05, 4.69) is 0 Å². The van der Waals surface area contributed by atoms with Crippen molar-refractivity contribution >= 4 is 46.8 Å². The average Bonchev–Trinajstić information content (AvgIpc) is 3.15. The van der Waals surface area contributed by atoms with Gasteiger partial charge in [-0.3, -0.25) is 19.2 Å². The lowest BCUT2D eigenvalue weighted by Crippen LogP contribution is -2.59. The second kappa shape index (κ2) is 12.5. The van der Waals surface area contributed by atoms with E-state index in [0.29, 0.717) is 15.6 Å². The highest BCUT2D eigenvalue weighted by Crippen LogP contribution is 2.42. The number of carbonyl (C=O) groups excluding carboxylic acids is 4. The van der Waals surface area contributed by atoms with Gasteiger partial charge in [-0.15, -0.1) is 11.3 Å². The van der Waals surface area contributed by atoms with E-state index >= 15 is 0 Å². The molecular formula is C26H29ClO9S. The summed E-state index contributed by atoms with van der Waals surface area (Å²) in [5.41, 5.74) is 3.02. The van der Waals surface area contributed by atoms with Gasteiger partial charge in [-0.05, 0) is 30.5 Å². The Morgan fingerprint density at radius 1 is 0.865 bits per heavy atom. The predicted octanol–water partition coefficient (Wildman–Crippen LogP) is 4.10. The van der Waals surface area contributed by atoms with Gasteiger partial charge < -0.3 is 23.7 Å². The first-order chi connectivity index (χ1) is 17.4. The lowest BCUT2D eigenvalue weighted by Gasteiger charge is -2.44. The van der Waals surface area contributed by atoms with Crippen LogP contribution in [0.15, 0.2) is 30.3 Å². The van der Waals surface area contributed by atoms with Crippen LogP contribution in [0.5, 0.6) is 0 Å². The highest BCUT2D eigenvalue weighted by molar-refractivity contribution is 7.16. The molecule has 5 atom stereocenters. The van der Waals surface area contributed by atoms with Gasteiger partial charge in [-0.25, -0.2) is 0 Å². The van der Waals surface area contributed by atoms with Gasteiger partial charge in [0.05, 0.1) is 4.34 Å². The Balaban J connectivity index is 2.02. The Morgan fingerprint density at radius 2 is 1.43 bits per heavy atom. The molecule has 0 saturated carbocycles. The number of thiophene rings is 1. The van der Waals surface area contributed by atoms with Crippen LogP contribution in [0.1, 0.15) is 55.4 Å². The van der Waals surface area contributed by atoms with Crippen molar-refractivity contribution in [1.29, 1.82) is 0 Å². The first kappa shape index (κ1) is 28.6. The summed E-state index contributed by atoms with van der Waals surface area (Å²) in [7, 11) is 0. The van der Waals surface area contributed by atoms with Crippen molar-refractivity contribution in [2.24, 2.45) is 0 Å². The largest absolute Gasteiger partial charge is 0.463 e. The summed E-state index contributed by atoms with van der Waals surface area (Å²) in [5, 5.41) is 0. The molecule has 0 unspecified atom stereocenters. The van der Waals surface area contributed by atoms with E-state index in [9.17, 15) is 19.2 Å². The third-order valence-electron chi connectivity index (χ3n) is 5.56. The molecule has 0 N–H and O–H groups in total. The molecule has 0 amide bonds. The molecule has 9 nitrogen and oxygen atoms in total. The Kier molecular flexibility index (Phi) is 9.69. The fourth-order valence-electron chi connectivity index (χ4n) is 4.07. The van der Waals surface area contributed by atoms with Gasteiger partial charge in [0.2, 0.25) is 0 Å². The van der Waals surface area contributed by atoms with E-state index in [0.717, 1.165) is 16.7 Å². The summed E-state index contributed by atoms with van der Waals surface area (Å²) < 4.78 is 28.4. The molecule has 1 aromatic heterocycles. The molecule has 0 radical (unpaired) electrons. The zero-order valence-corrected chi connectivity index (χ0v) is 22.7. The van der Waals surface area contributed by atoms with Crippen LogP contribution in [-0.4, -0.2) is 54.9 Å². The second-order valence-corrected chi connectivity index (χ2v) is 10.4. The van der Waals surface area contributed by atoms with Crippen LogP contribution in [0.25, 0.3) is 0 Å². The van der Waals surface area contributed by atoms with E-state index in [-0.39, 0.29) is 6.61 Å². The molecule has 11 heteroatoms. The van der Waals surface area contributed by atoms with Gasteiger partial charge in [0.25, 0.3) is 0 Å². The Hall–Kier alpha value is -2.95. The molecule has 37 heavy (non-hydrogen) atoms. The van der Waals surface area contributed by atoms with Crippen molar-refractivity contribution in [3.63, 3.8) is 0 Å². The molecule has 1 aromatic carbocycles. The molecule has 1 aliphatic rings. The summed E-state index contributed by atoms with van der Waals surface area (Å²) in [4.78, 5) is 48.1. The normalized spacial score (nSPS) is 23.1. The van der Waals surface area contributed by atoms with Crippen LogP contribution in [0, 0.1) is 6.92 Å². The van der Waals surface area contributed by atoms with Crippen LogP contribution in [0.2, 0.25) is 4.34 Å². The molecular weight excluding hydrogens is 524 g/mol. The zero-order valence-electron chi connectivity index (χ0n) is 21.1. The first-order valence-electron chi connectivity index (χ1n) is 11.6. The quantitative estimate of drug-likeness (QED) is 0.352. The standard InChI is InChI=1S/C26H29ClO9S/c1-13-6-8-18(9-7-13)10-19-11-21(37-26(19)27)23-25(35-17(5)31)24(34-16(4)30)22(33-15(3)29)20(36-23)12-32-14(2)28/h6-9,11,20,22-25H,10,12H2,1-5H3/t20-,22-,23+,24+,25+/m1/s1. The van der Waals surface area contributed by atoms with Crippen LogP contribution in [-0.2, 0) is 49.3 Å². The number of esters is 4. The van der Waals surface area contributed by atoms with Crippen molar-refractivity contribution in [3.05, 3.63) is 56.2 Å². The molecule has 1 aliphatic heterocycles. The van der Waals surface area contributed by atoms with Crippen LogP contribution in [0.3, 0.4) is 0 Å². The van der Waals surface area contributed by atoms with Gasteiger partial charge in [-0.2, -0.15) is 0 Å². The Bertz CT molecular complexity index is 1140. The SMILES string of the molecule is CC(=O)OC[C@H]1O[C@@H](c2cc(Cc3ccc(C)cc3)c(Cl)s2)[C@H](OC(C)=O)[C@@H](OC(C)=O)[C@@H]1OC(C)=O. The lowest BCUT2D eigenvalue weighted by atomic mass is 9.93. The van der Waals surface area contributed by atoms with Crippen LogP contribution in [0.4, 0.5) is 0 Å². The van der Waals surface area contributed by atoms with Gasteiger partial charge in [0.15, 0.2) is 18.3 Å². The molecule has 1 saturated heterocycles. The number of carbonyl (C=O) groups is 4. The Morgan fingerprint density at radius 3 is 2.00 bits per heavy atom. The van der Waals surface area contributed by atoms with Gasteiger partial charge in [0, 0.05) is 32.6 Å². The van der Waals surface area contributed by atoms with Crippen molar-refractivity contribution in [1.82, 2.24) is 0 Å². The highest BCUT2D eigenvalue weighted by Gasteiger charge is 2.53. The Labute approximate surface area is 223 Å². The minimum Gasteiger partial charge on any atom is -0.463 e. The van der Waals surface area contributed by atoms with Crippen LogP contribution >= 0.6 is 22.9 Å². The summed E-state index contributed by atoms with van der Waals surface area (Å²) in [6.07, 6.45) is -5.01. The van der Waals surface area contributed by atoms with Gasteiger partial charge in [-0.1, -0.05) is 41.4 Å². The molecule has 2 aromatic rings. The molecule has 2 heterocycles. The molecule has 1 fully saturated rings. The van der Waals surface area contributed by atoms with Crippen LogP contribution < -0.4 is 0 Å². The number of hydrogen-bond donors (Lipinski definition) is 0. The van der Waals surface area contributed by atoms with Crippen molar-refractivity contribution in [2.75, 3.05) is 6.61 Å². The van der Waals surface area contributed by atoms with E-state index in [1.807, 2.05) is 37.3 Å². The monoisotopic (exact) mass is 552 g/mol. The third-order valence-corrected chi connectivity index (χ3v) is 7.06. The number of aryl methyl sites for hydroxylation is 1. The fourth-order valence-corrected chi connectivity index (χ4v) is 5.44. The highest BCUT2D eigenvalue weighted by atomic mass is 35.5. The number of rotatable bonds is 8. The molecule has 3 rings (SSSR count). The van der Waals surface area contributed by atoms with Gasteiger partial charge in [0.1, 0.15) is 18.8 Å². The molecule has 200 valence electrons. The minimum atomic E-state index is -1.23. The zero-order chi connectivity index (χ0) is 27.3. The van der Waals surface area contributed by atoms with Crippen molar-refractivity contribution in [2.45, 2.75) is 71.6 Å². The minimum absolute atomic E-state index is 0.288. The van der Waals surface area contributed by atoms with E-state index < -0.39 is 54.4 Å². The van der Waals surface area contributed by atoms with Crippen molar-refractivity contribution in [3.8, 4) is 0 Å². The van der Waals surface area contributed by atoms with E-state index in [1.165, 1.54) is 39.0 Å². The average molecular weight is 553 g/mol. The topological polar surface area (TPSA) is 114 Å². The maximum atomic E-state index is 12.1. The summed E-state index contributed by atoms with van der Waals surface area (Å²) in [6.45, 7) is 6.51. The maximum Gasteiger partial charge on any atom is 0.303 e. The molecule has 0 bridgehead atoms. The number of benzene rings is 1. The van der Waals surface area contributed by atoms with Gasteiger partial charge >= 0.3 is 23.9 Å². The maximum absolute atomic E-state index is 12.1. The number of hydrogen-bond acceptors (Lipinski definition) is 10. The fraction of sp³-hybridized carbons (Fsp3) is 0.462. The lowest BCUT2D eigenvalue weighted by molar-refractivity contribution is -0.254. The smallest absolute Gasteiger partial charge is 0.303 e. The van der Waals surface area contributed by atoms with E-state index in [1.54, 1.807) is 0 Å². The summed E-state index contributed by atoms with van der Waals surface area (Å²) in [5.74, 6) is -2.60. The number of ether oxygens (including phenoxy) is 5.